The molecule has 6 heteroatoms. The second-order valence-electron chi connectivity index (χ2n) is 5.93. The van der Waals surface area contributed by atoms with Gasteiger partial charge in [0.2, 0.25) is 0 Å². The summed E-state index contributed by atoms with van der Waals surface area (Å²) in [6, 6.07) is 0.879. The third-order valence-electron chi connectivity index (χ3n) is 3.92. The summed E-state index contributed by atoms with van der Waals surface area (Å²) in [7, 11) is 1.98. The van der Waals surface area contributed by atoms with Crippen LogP contribution < -0.4 is 0 Å². The first kappa shape index (κ1) is 14.7. The Morgan fingerprint density at radius 2 is 2.14 bits per heavy atom. The SMILES string of the molecule is CC(C)n1cc(CN2CCSC[C@H]2c2cnn(C)c2)cn1. The lowest BCUT2D eigenvalue weighted by Gasteiger charge is -2.34. The van der Waals surface area contributed by atoms with E-state index in [1.165, 1.54) is 16.9 Å². The molecule has 114 valence electrons. The fourth-order valence-electron chi connectivity index (χ4n) is 2.72. The molecule has 1 aliphatic heterocycles. The standard InChI is InChI=1S/C15H23N5S/c1-12(2)20-9-13(6-17-20)8-19-4-5-21-11-15(19)14-7-16-18(3)10-14/h6-7,9-10,12,15H,4-5,8,11H2,1-3H3/t15-/m0/s1. The average molecular weight is 305 g/mol. The Labute approximate surface area is 130 Å². The van der Waals surface area contributed by atoms with Gasteiger partial charge in [0.1, 0.15) is 0 Å². The highest BCUT2D eigenvalue weighted by Gasteiger charge is 2.25. The van der Waals surface area contributed by atoms with E-state index in [1.54, 1.807) is 0 Å². The van der Waals surface area contributed by atoms with Crippen LogP contribution in [0.25, 0.3) is 0 Å². The molecule has 0 unspecified atom stereocenters. The molecule has 5 nitrogen and oxygen atoms in total. The fraction of sp³-hybridized carbons (Fsp3) is 0.600. The zero-order valence-corrected chi connectivity index (χ0v) is 13.8. The van der Waals surface area contributed by atoms with Gasteiger partial charge in [-0.1, -0.05) is 0 Å². The molecule has 0 N–H and O–H groups in total. The molecule has 0 aliphatic carbocycles. The van der Waals surface area contributed by atoms with Crippen LogP contribution in [0.5, 0.6) is 0 Å². The molecule has 1 atom stereocenters. The van der Waals surface area contributed by atoms with Crippen LogP contribution in [-0.2, 0) is 13.6 Å². The fourth-order valence-corrected chi connectivity index (χ4v) is 3.88. The third-order valence-corrected chi connectivity index (χ3v) is 4.94. The molecule has 21 heavy (non-hydrogen) atoms. The minimum atomic E-state index is 0.421. The van der Waals surface area contributed by atoms with Gasteiger partial charge in [-0.25, -0.2) is 0 Å². The summed E-state index contributed by atoms with van der Waals surface area (Å²) in [4.78, 5) is 2.55. The number of aromatic nitrogens is 4. The van der Waals surface area contributed by atoms with Crippen molar-refractivity contribution < 1.29 is 0 Å². The molecule has 3 rings (SSSR count). The zero-order chi connectivity index (χ0) is 14.8. The molecule has 0 amide bonds. The Kier molecular flexibility index (Phi) is 4.35. The van der Waals surface area contributed by atoms with Crippen molar-refractivity contribution in [1.82, 2.24) is 24.5 Å². The van der Waals surface area contributed by atoms with Crippen molar-refractivity contribution >= 4 is 11.8 Å². The summed E-state index contributed by atoms with van der Waals surface area (Å²) in [5, 5.41) is 8.78. The lowest BCUT2D eigenvalue weighted by atomic mass is 10.1. The average Bonchev–Trinajstić information content (AvgIpc) is 3.09. The van der Waals surface area contributed by atoms with Crippen LogP contribution in [-0.4, -0.2) is 42.5 Å². The van der Waals surface area contributed by atoms with Crippen LogP contribution in [0.4, 0.5) is 0 Å². The third kappa shape index (κ3) is 3.32. The van der Waals surface area contributed by atoms with E-state index in [1.807, 2.05) is 40.6 Å². The largest absolute Gasteiger partial charge is 0.290 e. The Balaban J connectivity index is 1.74. The molecule has 0 saturated carbocycles. The van der Waals surface area contributed by atoms with E-state index in [2.05, 4.69) is 41.3 Å². The van der Waals surface area contributed by atoms with Crippen molar-refractivity contribution in [3.63, 3.8) is 0 Å². The highest BCUT2D eigenvalue weighted by molar-refractivity contribution is 7.99. The van der Waals surface area contributed by atoms with E-state index in [4.69, 9.17) is 0 Å². The molecule has 0 radical (unpaired) electrons. The van der Waals surface area contributed by atoms with E-state index in [0.717, 1.165) is 18.8 Å². The maximum absolute atomic E-state index is 4.45. The van der Waals surface area contributed by atoms with Crippen LogP contribution in [0.2, 0.25) is 0 Å². The van der Waals surface area contributed by atoms with Crippen molar-refractivity contribution in [3.8, 4) is 0 Å². The zero-order valence-electron chi connectivity index (χ0n) is 12.9. The van der Waals surface area contributed by atoms with Gasteiger partial charge in [-0.3, -0.25) is 14.3 Å². The Morgan fingerprint density at radius 1 is 1.29 bits per heavy atom. The molecule has 1 saturated heterocycles. The van der Waals surface area contributed by atoms with Crippen LogP contribution >= 0.6 is 11.8 Å². The highest BCUT2D eigenvalue weighted by atomic mass is 32.2. The van der Waals surface area contributed by atoms with Gasteiger partial charge >= 0.3 is 0 Å². The highest BCUT2D eigenvalue weighted by Crippen LogP contribution is 2.30. The van der Waals surface area contributed by atoms with Crippen molar-refractivity contribution in [1.29, 1.82) is 0 Å². The predicted octanol–water partition coefficient (Wildman–Crippen LogP) is 2.49. The van der Waals surface area contributed by atoms with Crippen LogP contribution in [0, 0.1) is 0 Å². The summed E-state index contributed by atoms with van der Waals surface area (Å²) in [6.07, 6.45) is 8.32. The smallest absolute Gasteiger partial charge is 0.0537 e. The van der Waals surface area contributed by atoms with Gasteiger partial charge in [0, 0.05) is 67.2 Å². The van der Waals surface area contributed by atoms with E-state index in [9.17, 15) is 0 Å². The Bertz CT molecular complexity index is 588. The minimum absolute atomic E-state index is 0.421. The molecular weight excluding hydrogens is 282 g/mol. The van der Waals surface area contributed by atoms with E-state index in [-0.39, 0.29) is 0 Å². The molecule has 0 spiro atoms. The van der Waals surface area contributed by atoms with Gasteiger partial charge in [-0.05, 0) is 13.8 Å². The van der Waals surface area contributed by atoms with Crippen LogP contribution in [0.3, 0.4) is 0 Å². The second kappa shape index (κ2) is 6.23. The minimum Gasteiger partial charge on any atom is -0.290 e. The number of hydrogen-bond donors (Lipinski definition) is 0. The number of thioether (sulfide) groups is 1. The molecule has 1 fully saturated rings. The number of aryl methyl sites for hydroxylation is 1. The van der Waals surface area contributed by atoms with Gasteiger partial charge in [-0.15, -0.1) is 0 Å². The molecular formula is C15H23N5S. The van der Waals surface area contributed by atoms with Gasteiger partial charge in [0.25, 0.3) is 0 Å². The number of hydrogen-bond acceptors (Lipinski definition) is 4. The molecule has 1 aliphatic rings. The Morgan fingerprint density at radius 3 is 2.81 bits per heavy atom. The lowest BCUT2D eigenvalue weighted by molar-refractivity contribution is 0.212. The maximum Gasteiger partial charge on any atom is 0.0537 e. The van der Waals surface area contributed by atoms with Crippen molar-refractivity contribution in [3.05, 3.63) is 35.9 Å². The van der Waals surface area contributed by atoms with Gasteiger partial charge in [0.15, 0.2) is 0 Å². The van der Waals surface area contributed by atoms with Crippen molar-refractivity contribution in [2.45, 2.75) is 32.5 Å². The normalized spacial score (nSPS) is 20.3. The number of rotatable bonds is 4. The molecule has 0 aromatic carbocycles. The number of nitrogens with zero attached hydrogens (tertiary/aromatic N) is 5. The quantitative estimate of drug-likeness (QED) is 0.870. The first-order valence-corrected chi connectivity index (χ1v) is 8.62. The topological polar surface area (TPSA) is 38.9 Å². The van der Waals surface area contributed by atoms with Gasteiger partial charge < -0.3 is 0 Å². The summed E-state index contributed by atoms with van der Waals surface area (Å²) < 4.78 is 3.93. The summed E-state index contributed by atoms with van der Waals surface area (Å²) in [5.41, 5.74) is 2.62. The molecule has 0 bridgehead atoms. The summed E-state index contributed by atoms with van der Waals surface area (Å²) >= 11 is 2.03. The van der Waals surface area contributed by atoms with E-state index in [0.29, 0.717) is 12.1 Å². The first-order valence-electron chi connectivity index (χ1n) is 7.47. The van der Waals surface area contributed by atoms with Gasteiger partial charge in [0.05, 0.1) is 12.4 Å². The molecule has 2 aromatic rings. The van der Waals surface area contributed by atoms with Crippen molar-refractivity contribution in [2.75, 3.05) is 18.1 Å². The predicted molar refractivity (Wildman–Crippen MR) is 86.3 cm³/mol. The first-order chi connectivity index (χ1) is 10.1. The molecule has 3 heterocycles. The maximum atomic E-state index is 4.45. The summed E-state index contributed by atoms with van der Waals surface area (Å²) in [5.74, 6) is 2.35. The summed E-state index contributed by atoms with van der Waals surface area (Å²) in [6.45, 7) is 6.41. The lowest BCUT2D eigenvalue weighted by Crippen LogP contribution is -2.35. The van der Waals surface area contributed by atoms with E-state index < -0.39 is 0 Å². The van der Waals surface area contributed by atoms with Crippen LogP contribution in [0.1, 0.15) is 37.1 Å². The molecule has 2 aromatic heterocycles. The van der Waals surface area contributed by atoms with Gasteiger partial charge in [-0.2, -0.15) is 22.0 Å². The monoisotopic (exact) mass is 305 g/mol. The second-order valence-corrected chi connectivity index (χ2v) is 7.08. The van der Waals surface area contributed by atoms with Crippen molar-refractivity contribution in [2.24, 2.45) is 7.05 Å². The Hall–Kier alpha value is -1.27. The van der Waals surface area contributed by atoms with Crippen LogP contribution in [0.15, 0.2) is 24.8 Å². The van der Waals surface area contributed by atoms with E-state index >= 15 is 0 Å².